The van der Waals surface area contributed by atoms with Crippen LogP contribution < -0.4 is 5.32 Å². The van der Waals surface area contributed by atoms with E-state index in [4.69, 9.17) is 4.74 Å². The first-order valence-corrected chi connectivity index (χ1v) is 9.77. The summed E-state index contributed by atoms with van der Waals surface area (Å²) in [5.41, 5.74) is 0.570. The van der Waals surface area contributed by atoms with Crippen molar-refractivity contribution in [2.45, 2.75) is 38.7 Å². The zero-order valence-electron chi connectivity index (χ0n) is 14.9. The van der Waals surface area contributed by atoms with Crippen LogP contribution in [0.3, 0.4) is 0 Å². The van der Waals surface area contributed by atoms with Crippen molar-refractivity contribution in [2.24, 2.45) is 11.8 Å². The monoisotopic (exact) mass is 436 g/mol. The maximum absolute atomic E-state index is 12.4. The van der Waals surface area contributed by atoms with E-state index in [0.717, 1.165) is 22.2 Å². The second-order valence-corrected chi connectivity index (χ2v) is 7.80. The Hall–Kier alpha value is -2.22. The minimum atomic E-state index is -1.05. The molecule has 1 aliphatic carbocycles. The van der Waals surface area contributed by atoms with Gasteiger partial charge >= 0.3 is 5.97 Å². The molecule has 1 aromatic carbocycles. The van der Waals surface area contributed by atoms with Gasteiger partial charge < -0.3 is 10.1 Å². The Bertz CT molecular complexity index is 740. The minimum Gasteiger partial charge on any atom is -0.451 e. The first-order chi connectivity index (χ1) is 12.9. The van der Waals surface area contributed by atoms with E-state index in [9.17, 15) is 19.2 Å². The summed E-state index contributed by atoms with van der Waals surface area (Å²) in [6.07, 6.45) is 2.17. The summed E-state index contributed by atoms with van der Waals surface area (Å²) in [4.78, 5) is 50.1. The summed E-state index contributed by atoms with van der Waals surface area (Å²) in [6, 6.07) is 6.96. The van der Waals surface area contributed by atoms with Crippen molar-refractivity contribution in [3.05, 3.63) is 28.7 Å². The molecular formula is C19H21BrN2O5. The van der Waals surface area contributed by atoms with E-state index >= 15 is 0 Å². The van der Waals surface area contributed by atoms with Crippen LogP contribution in [0, 0.1) is 11.8 Å². The quantitative estimate of drug-likeness (QED) is 0.565. The molecule has 0 aromatic heterocycles. The van der Waals surface area contributed by atoms with E-state index in [1.54, 1.807) is 24.3 Å². The van der Waals surface area contributed by atoms with Gasteiger partial charge in [-0.2, -0.15) is 0 Å². The number of anilines is 1. The summed E-state index contributed by atoms with van der Waals surface area (Å²) >= 11 is 3.31. The predicted octanol–water partition coefficient (Wildman–Crippen LogP) is 2.49. The molecule has 7 nitrogen and oxygen atoms in total. The van der Waals surface area contributed by atoms with Gasteiger partial charge in [-0.1, -0.05) is 28.8 Å². The number of fused-ring (bicyclic) bond motifs is 1. The third kappa shape index (κ3) is 4.37. The van der Waals surface area contributed by atoms with Crippen molar-refractivity contribution in [2.75, 3.05) is 11.9 Å². The van der Waals surface area contributed by atoms with Gasteiger partial charge in [0.1, 0.15) is 6.54 Å². The fraction of sp³-hybridized carbons (Fsp3) is 0.474. The van der Waals surface area contributed by atoms with Gasteiger partial charge in [0.05, 0.1) is 11.8 Å². The van der Waals surface area contributed by atoms with Gasteiger partial charge in [-0.05, 0) is 44.0 Å². The lowest BCUT2D eigenvalue weighted by Crippen LogP contribution is -2.39. The van der Waals surface area contributed by atoms with Gasteiger partial charge in [0, 0.05) is 10.2 Å². The number of halogens is 1. The Balaban J connectivity index is 1.53. The number of carbonyl (C=O) groups excluding carboxylic acids is 4. The number of likely N-dealkylation sites (tertiary alicyclic amines) is 1. The van der Waals surface area contributed by atoms with Crippen LogP contribution >= 0.6 is 15.9 Å². The molecule has 27 heavy (non-hydrogen) atoms. The first kappa shape index (κ1) is 19.5. The van der Waals surface area contributed by atoms with Crippen molar-refractivity contribution in [1.29, 1.82) is 0 Å². The zero-order valence-corrected chi connectivity index (χ0v) is 16.5. The van der Waals surface area contributed by atoms with E-state index in [0.29, 0.717) is 18.5 Å². The first-order valence-electron chi connectivity index (χ1n) is 8.98. The molecule has 2 fully saturated rings. The van der Waals surface area contributed by atoms with Gasteiger partial charge in [0.25, 0.3) is 5.91 Å². The molecule has 3 unspecified atom stereocenters. The fourth-order valence-electron chi connectivity index (χ4n) is 3.58. The number of rotatable bonds is 5. The summed E-state index contributed by atoms with van der Waals surface area (Å²) < 4.78 is 5.99. The Morgan fingerprint density at radius 1 is 1.15 bits per heavy atom. The molecule has 1 saturated carbocycles. The second kappa shape index (κ2) is 8.21. The van der Waals surface area contributed by atoms with Crippen LogP contribution in [0.2, 0.25) is 0 Å². The Morgan fingerprint density at radius 2 is 1.70 bits per heavy atom. The second-order valence-electron chi connectivity index (χ2n) is 6.89. The molecule has 144 valence electrons. The van der Waals surface area contributed by atoms with Gasteiger partial charge in [-0.15, -0.1) is 0 Å². The molecule has 1 aromatic rings. The maximum Gasteiger partial charge on any atom is 0.326 e. The molecule has 0 spiro atoms. The number of amides is 3. The highest BCUT2D eigenvalue weighted by atomic mass is 79.9. The Morgan fingerprint density at radius 3 is 2.26 bits per heavy atom. The molecule has 1 N–H and O–H groups in total. The van der Waals surface area contributed by atoms with Crippen LogP contribution in [0.15, 0.2) is 28.7 Å². The molecule has 1 saturated heterocycles. The van der Waals surface area contributed by atoms with Crippen molar-refractivity contribution >= 4 is 45.3 Å². The molecule has 0 bridgehead atoms. The van der Waals surface area contributed by atoms with Crippen molar-refractivity contribution in [3.8, 4) is 0 Å². The molecule has 8 heteroatoms. The summed E-state index contributed by atoms with van der Waals surface area (Å²) in [5, 5.41) is 2.64. The van der Waals surface area contributed by atoms with Crippen LogP contribution in [0.4, 0.5) is 5.69 Å². The molecule has 1 aliphatic heterocycles. The van der Waals surface area contributed by atoms with Crippen LogP contribution in [-0.2, 0) is 23.9 Å². The normalized spacial score (nSPS) is 23.0. The van der Waals surface area contributed by atoms with Crippen molar-refractivity contribution in [3.63, 3.8) is 0 Å². The number of hydrogen-bond acceptors (Lipinski definition) is 5. The Kier molecular flexibility index (Phi) is 5.94. The van der Waals surface area contributed by atoms with Gasteiger partial charge in [-0.3, -0.25) is 24.1 Å². The number of ether oxygens (including phenoxy) is 1. The topological polar surface area (TPSA) is 92.8 Å². The molecule has 3 atom stereocenters. The summed E-state index contributed by atoms with van der Waals surface area (Å²) in [5.74, 6) is -2.47. The van der Waals surface area contributed by atoms with Crippen molar-refractivity contribution < 1.29 is 23.9 Å². The summed E-state index contributed by atoms with van der Waals surface area (Å²) in [7, 11) is 0. The molecule has 1 heterocycles. The number of imide groups is 1. The molecular weight excluding hydrogens is 416 g/mol. The average Bonchev–Trinajstić information content (AvgIpc) is 2.89. The van der Waals surface area contributed by atoms with E-state index in [1.807, 2.05) is 0 Å². The van der Waals surface area contributed by atoms with Gasteiger partial charge in [0.2, 0.25) is 11.8 Å². The molecule has 3 amide bonds. The lowest BCUT2D eigenvalue weighted by molar-refractivity contribution is -0.158. The highest BCUT2D eigenvalue weighted by molar-refractivity contribution is 9.10. The van der Waals surface area contributed by atoms with Crippen molar-refractivity contribution in [1.82, 2.24) is 4.90 Å². The van der Waals surface area contributed by atoms with E-state index in [2.05, 4.69) is 21.2 Å². The number of nitrogens with zero attached hydrogens (tertiary/aromatic N) is 1. The van der Waals surface area contributed by atoms with E-state index in [-0.39, 0.29) is 23.7 Å². The van der Waals surface area contributed by atoms with Crippen LogP contribution in [-0.4, -0.2) is 41.2 Å². The number of nitrogens with one attached hydrogen (secondary N) is 1. The molecule has 0 radical (unpaired) electrons. The summed E-state index contributed by atoms with van der Waals surface area (Å²) in [6.45, 7) is 1.00. The molecule has 3 rings (SSSR count). The van der Waals surface area contributed by atoms with Crippen LogP contribution in [0.1, 0.15) is 32.6 Å². The predicted molar refractivity (Wildman–Crippen MR) is 100 cm³/mol. The number of esters is 1. The minimum absolute atomic E-state index is 0.298. The fourth-order valence-corrected chi connectivity index (χ4v) is 3.85. The number of carbonyl (C=O) groups is 4. The standard InChI is InChI=1S/C19H21BrN2O5/c1-11(17(24)21-13-8-6-12(20)7-9-13)27-16(23)10-22-18(25)14-4-2-3-5-15(14)19(22)26/h6-9,11,14-15H,2-5,10H2,1H3,(H,21,24). The third-order valence-electron chi connectivity index (χ3n) is 5.01. The smallest absolute Gasteiger partial charge is 0.326 e. The van der Waals surface area contributed by atoms with E-state index < -0.39 is 24.5 Å². The van der Waals surface area contributed by atoms with Crippen LogP contribution in [0.5, 0.6) is 0 Å². The third-order valence-corrected chi connectivity index (χ3v) is 5.54. The SMILES string of the molecule is CC(OC(=O)CN1C(=O)C2CCCCC2C1=O)C(=O)Nc1ccc(Br)cc1. The lowest BCUT2D eigenvalue weighted by Gasteiger charge is -2.19. The lowest BCUT2D eigenvalue weighted by atomic mass is 9.81. The highest BCUT2D eigenvalue weighted by Crippen LogP contribution is 2.37. The van der Waals surface area contributed by atoms with Gasteiger partial charge in [0.15, 0.2) is 6.10 Å². The van der Waals surface area contributed by atoms with Crippen LogP contribution in [0.25, 0.3) is 0 Å². The zero-order chi connectivity index (χ0) is 19.6. The van der Waals surface area contributed by atoms with Gasteiger partial charge in [-0.25, -0.2) is 0 Å². The average molecular weight is 437 g/mol. The molecule has 2 aliphatic rings. The largest absolute Gasteiger partial charge is 0.451 e. The maximum atomic E-state index is 12.4. The number of benzene rings is 1. The Labute approximate surface area is 165 Å². The van der Waals surface area contributed by atoms with E-state index in [1.165, 1.54) is 6.92 Å². The number of hydrogen-bond donors (Lipinski definition) is 1. The highest BCUT2D eigenvalue weighted by Gasteiger charge is 2.48.